The second-order valence-corrected chi connectivity index (χ2v) is 7.60. The summed E-state index contributed by atoms with van der Waals surface area (Å²) in [5.74, 6) is 0.181. The van der Waals surface area contributed by atoms with Gasteiger partial charge in [0.15, 0.2) is 5.16 Å². The highest BCUT2D eigenvalue weighted by Gasteiger charge is 2.33. The maximum Gasteiger partial charge on any atom is 0.223 e. The summed E-state index contributed by atoms with van der Waals surface area (Å²) in [5.41, 5.74) is 2.77. The zero-order valence-electron chi connectivity index (χ0n) is 15.0. The number of aromatic nitrogens is 2. The molecule has 1 unspecified atom stereocenters. The molecule has 0 radical (unpaired) electrons. The molecule has 1 aromatic rings. The van der Waals surface area contributed by atoms with Crippen LogP contribution >= 0.6 is 11.8 Å². The minimum absolute atomic E-state index is 0.0790. The normalized spacial score (nSPS) is 20.6. The Kier molecular flexibility index (Phi) is 5.68. The fourth-order valence-corrected chi connectivity index (χ4v) is 3.65. The standard InChI is InChI=1S/C17H27N3O2S/c1-11-9-20(10-17(4,5)22-11)15(21)8-7-14-12(2)18-16(23-6)19-13(14)3/h11H,7-10H2,1-6H3. The molecule has 1 amide bonds. The highest BCUT2D eigenvalue weighted by atomic mass is 32.2. The number of thioether (sulfide) groups is 1. The lowest BCUT2D eigenvalue weighted by molar-refractivity contribution is -0.158. The molecule has 0 aliphatic carbocycles. The van der Waals surface area contributed by atoms with Crippen LogP contribution in [0.2, 0.25) is 0 Å². The zero-order chi connectivity index (χ0) is 17.2. The Bertz CT molecular complexity index is 566. The molecular formula is C17H27N3O2S. The molecule has 6 heteroatoms. The van der Waals surface area contributed by atoms with Crippen LogP contribution in [-0.4, -0.2) is 51.8 Å². The molecule has 1 aromatic heterocycles. The fraction of sp³-hybridized carbons (Fsp3) is 0.706. The molecule has 0 spiro atoms. The number of aryl methyl sites for hydroxylation is 2. The molecule has 0 aromatic carbocycles. The minimum Gasteiger partial charge on any atom is -0.369 e. The highest BCUT2D eigenvalue weighted by molar-refractivity contribution is 7.98. The lowest BCUT2D eigenvalue weighted by Gasteiger charge is -2.41. The number of carbonyl (C=O) groups excluding carboxylic acids is 1. The van der Waals surface area contributed by atoms with Crippen molar-refractivity contribution in [1.82, 2.24) is 14.9 Å². The van der Waals surface area contributed by atoms with Crippen LogP contribution in [0.25, 0.3) is 0 Å². The van der Waals surface area contributed by atoms with Crippen molar-refractivity contribution in [3.63, 3.8) is 0 Å². The Morgan fingerprint density at radius 2 is 1.96 bits per heavy atom. The zero-order valence-corrected chi connectivity index (χ0v) is 15.8. The van der Waals surface area contributed by atoms with Crippen LogP contribution in [-0.2, 0) is 16.0 Å². The number of amides is 1. The number of carbonyl (C=O) groups is 1. The molecule has 5 nitrogen and oxygen atoms in total. The third-order valence-electron chi connectivity index (χ3n) is 4.09. The summed E-state index contributed by atoms with van der Waals surface area (Å²) in [7, 11) is 0. The van der Waals surface area contributed by atoms with Crippen LogP contribution in [0.15, 0.2) is 5.16 Å². The van der Waals surface area contributed by atoms with Gasteiger partial charge in [0.1, 0.15) is 0 Å². The molecule has 0 saturated carbocycles. The largest absolute Gasteiger partial charge is 0.369 e. The number of nitrogens with zero attached hydrogens (tertiary/aromatic N) is 3. The van der Waals surface area contributed by atoms with E-state index in [-0.39, 0.29) is 17.6 Å². The van der Waals surface area contributed by atoms with Crippen molar-refractivity contribution in [2.75, 3.05) is 19.3 Å². The van der Waals surface area contributed by atoms with Crippen molar-refractivity contribution in [2.24, 2.45) is 0 Å². The monoisotopic (exact) mass is 337 g/mol. The highest BCUT2D eigenvalue weighted by Crippen LogP contribution is 2.22. The summed E-state index contributed by atoms with van der Waals surface area (Å²) in [6.07, 6.45) is 3.23. The van der Waals surface area contributed by atoms with Crippen molar-refractivity contribution in [2.45, 2.75) is 64.3 Å². The summed E-state index contributed by atoms with van der Waals surface area (Å²) in [6.45, 7) is 11.4. The van der Waals surface area contributed by atoms with Gasteiger partial charge in [0.05, 0.1) is 11.7 Å². The maximum atomic E-state index is 12.6. The Morgan fingerprint density at radius 1 is 1.35 bits per heavy atom. The number of ether oxygens (including phenoxy) is 1. The van der Waals surface area contributed by atoms with Crippen LogP contribution in [0, 0.1) is 13.8 Å². The van der Waals surface area contributed by atoms with Gasteiger partial charge in [0, 0.05) is 30.9 Å². The third kappa shape index (κ3) is 4.67. The van der Waals surface area contributed by atoms with Gasteiger partial charge in [-0.05, 0) is 52.9 Å². The summed E-state index contributed by atoms with van der Waals surface area (Å²) in [5, 5.41) is 0.791. The first kappa shape index (κ1) is 18.2. The summed E-state index contributed by atoms with van der Waals surface area (Å²) in [6, 6.07) is 0. The molecule has 1 fully saturated rings. The van der Waals surface area contributed by atoms with Gasteiger partial charge in [-0.3, -0.25) is 4.79 Å². The molecule has 0 bridgehead atoms. The van der Waals surface area contributed by atoms with Crippen LogP contribution in [0.1, 0.15) is 44.1 Å². The minimum atomic E-state index is -0.276. The maximum absolute atomic E-state index is 12.6. The van der Waals surface area contributed by atoms with E-state index < -0.39 is 0 Å². The van der Waals surface area contributed by atoms with E-state index in [0.717, 1.165) is 22.1 Å². The van der Waals surface area contributed by atoms with E-state index in [9.17, 15) is 4.79 Å². The van der Waals surface area contributed by atoms with E-state index >= 15 is 0 Å². The molecule has 1 aliphatic heterocycles. The topological polar surface area (TPSA) is 55.3 Å². The molecule has 2 heterocycles. The van der Waals surface area contributed by atoms with Crippen LogP contribution < -0.4 is 0 Å². The predicted molar refractivity (Wildman–Crippen MR) is 92.8 cm³/mol. The Morgan fingerprint density at radius 3 is 2.48 bits per heavy atom. The number of hydrogen-bond acceptors (Lipinski definition) is 5. The van der Waals surface area contributed by atoms with E-state index in [1.54, 1.807) is 11.8 Å². The van der Waals surface area contributed by atoms with Crippen molar-refractivity contribution < 1.29 is 9.53 Å². The van der Waals surface area contributed by atoms with E-state index in [0.29, 0.717) is 25.9 Å². The van der Waals surface area contributed by atoms with Crippen molar-refractivity contribution in [1.29, 1.82) is 0 Å². The SMILES string of the molecule is CSc1nc(C)c(CCC(=O)N2CC(C)OC(C)(C)C2)c(C)n1. The van der Waals surface area contributed by atoms with Gasteiger partial charge < -0.3 is 9.64 Å². The van der Waals surface area contributed by atoms with Crippen LogP contribution in [0.5, 0.6) is 0 Å². The average Bonchev–Trinajstić information content (AvgIpc) is 2.43. The van der Waals surface area contributed by atoms with Crippen molar-refractivity contribution >= 4 is 17.7 Å². The fourth-order valence-electron chi connectivity index (χ4n) is 3.20. The van der Waals surface area contributed by atoms with Gasteiger partial charge in [-0.15, -0.1) is 0 Å². The number of rotatable bonds is 4. The first-order chi connectivity index (χ1) is 10.7. The summed E-state index contributed by atoms with van der Waals surface area (Å²) >= 11 is 1.54. The van der Waals surface area contributed by atoms with E-state index in [2.05, 4.69) is 9.97 Å². The van der Waals surface area contributed by atoms with E-state index in [1.165, 1.54) is 0 Å². The molecule has 0 N–H and O–H groups in total. The predicted octanol–water partition coefficient (Wildman–Crippen LogP) is 2.77. The second-order valence-electron chi connectivity index (χ2n) is 6.82. The Labute approximate surface area is 143 Å². The van der Waals surface area contributed by atoms with Gasteiger partial charge >= 0.3 is 0 Å². The summed E-state index contributed by atoms with van der Waals surface area (Å²) in [4.78, 5) is 23.5. The van der Waals surface area contributed by atoms with Gasteiger partial charge in [-0.1, -0.05) is 11.8 Å². The summed E-state index contributed by atoms with van der Waals surface area (Å²) < 4.78 is 5.86. The van der Waals surface area contributed by atoms with Crippen molar-refractivity contribution in [3.05, 3.63) is 17.0 Å². The van der Waals surface area contributed by atoms with Crippen molar-refractivity contribution in [3.8, 4) is 0 Å². The molecule has 128 valence electrons. The average molecular weight is 337 g/mol. The first-order valence-electron chi connectivity index (χ1n) is 8.05. The number of morpholine rings is 1. The second kappa shape index (κ2) is 7.18. The van der Waals surface area contributed by atoms with Gasteiger partial charge in [-0.2, -0.15) is 0 Å². The van der Waals surface area contributed by atoms with E-state index in [4.69, 9.17) is 4.74 Å². The van der Waals surface area contributed by atoms with Gasteiger partial charge in [0.2, 0.25) is 5.91 Å². The quantitative estimate of drug-likeness (QED) is 0.625. The van der Waals surface area contributed by atoms with Crippen LogP contribution in [0.4, 0.5) is 0 Å². The molecule has 1 aliphatic rings. The first-order valence-corrected chi connectivity index (χ1v) is 9.28. The Hall–Kier alpha value is -1.14. The Balaban J connectivity index is 2.02. The molecule has 23 heavy (non-hydrogen) atoms. The molecule has 2 rings (SSSR count). The number of hydrogen-bond donors (Lipinski definition) is 0. The lowest BCUT2D eigenvalue weighted by Crippen LogP contribution is -2.53. The van der Waals surface area contributed by atoms with E-state index in [1.807, 2.05) is 45.8 Å². The smallest absolute Gasteiger partial charge is 0.223 e. The van der Waals surface area contributed by atoms with Gasteiger partial charge in [-0.25, -0.2) is 9.97 Å². The van der Waals surface area contributed by atoms with Gasteiger partial charge in [0.25, 0.3) is 0 Å². The lowest BCUT2D eigenvalue weighted by atomic mass is 10.0. The molecular weight excluding hydrogens is 310 g/mol. The molecule has 1 saturated heterocycles. The van der Waals surface area contributed by atoms with Crippen LogP contribution in [0.3, 0.4) is 0 Å². The molecule has 1 atom stereocenters. The third-order valence-corrected chi connectivity index (χ3v) is 4.64.